The van der Waals surface area contributed by atoms with Gasteiger partial charge in [-0.3, -0.25) is 14.0 Å². The van der Waals surface area contributed by atoms with E-state index in [0.717, 1.165) is 0 Å². The number of Topliss-reactive ketones (excluding diaryl/α,β-unsaturated/α-hetero) is 1. The highest BCUT2D eigenvalue weighted by atomic mass is 19.1. The zero-order valence-corrected chi connectivity index (χ0v) is 8.25. The van der Waals surface area contributed by atoms with E-state index in [0.29, 0.717) is 25.7 Å². The summed E-state index contributed by atoms with van der Waals surface area (Å²) in [5.74, 6) is -1.38. The summed E-state index contributed by atoms with van der Waals surface area (Å²) in [7, 11) is 0. The molecule has 0 aromatic heterocycles. The zero-order valence-electron chi connectivity index (χ0n) is 8.25. The molecule has 1 rings (SSSR count). The molecule has 0 aromatic rings. The molecule has 0 unspecified atom stereocenters. The third-order valence-corrected chi connectivity index (χ3v) is 3.29. The smallest absolute Gasteiger partial charge is 0.306 e. The van der Waals surface area contributed by atoms with Crippen molar-refractivity contribution in [2.75, 3.05) is 6.67 Å². The highest BCUT2D eigenvalue weighted by Crippen LogP contribution is 2.40. The Morgan fingerprint density at radius 1 is 1.43 bits per heavy atom. The molecule has 1 saturated carbocycles. The van der Waals surface area contributed by atoms with Crippen molar-refractivity contribution in [2.24, 2.45) is 11.3 Å². The normalized spacial score (nSPS) is 32.6. The maximum absolute atomic E-state index is 12.7. The largest absolute Gasteiger partial charge is 0.481 e. The Morgan fingerprint density at radius 2 is 1.93 bits per heavy atom. The van der Waals surface area contributed by atoms with E-state index in [2.05, 4.69) is 0 Å². The topological polar surface area (TPSA) is 54.4 Å². The zero-order chi connectivity index (χ0) is 10.8. The fourth-order valence-electron chi connectivity index (χ4n) is 2.00. The summed E-state index contributed by atoms with van der Waals surface area (Å²) < 4.78 is 12.7. The molecule has 1 aliphatic carbocycles. The van der Waals surface area contributed by atoms with Gasteiger partial charge in [0.05, 0.1) is 11.3 Å². The number of carbonyl (C=O) groups is 2. The predicted octanol–water partition coefficient (Wildman–Crippen LogP) is 1.81. The van der Waals surface area contributed by atoms with E-state index in [1.807, 2.05) is 0 Å². The minimum Gasteiger partial charge on any atom is -0.481 e. The van der Waals surface area contributed by atoms with Crippen LogP contribution in [0.4, 0.5) is 4.39 Å². The van der Waals surface area contributed by atoms with Gasteiger partial charge >= 0.3 is 5.97 Å². The van der Waals surface area contributed by atoms with E-state index in [1.165, 1.54) is 6.92 Å². The highest BCUT2D eigenvalue weighted by molar-refractivity contribution is 5.83. The Kier molecular flexibility index (Phi) is 3.24. The monoisotopic (exact) mass is 202 g/mol. The van der Waals surface area contributed by atoms with Gasteiger partial charge in [-0.1, -0.05) is 0 Å². The molecule has 0 aromatic carbocycles. The van der Waals surface area contributed by atoms with Gasteiger partial charge in [-0.05, 0) is 32.6 Å². The molecule has 14 heavy (non-hydrogen) atoms. The van der Waals surface area contributed by atoms with Gasteiger partial charge in [0.2, 0.25) is 0 Å². The molecule has 0 heterocycles. The number of carbonyl (C=O) groups excluding carboxylic acids is 1. The number of aliphatic carboxylic acids is 1. The van der Waals surface area contributed by atoms with Crippen LogP contribution in [-0.4, -0.2) is 23.5 Å². The molecule has 0 aliphatic heterocycles. The van der Waals surface area contributed by atoms with E-state index in [-0.39, 0.29) is 5.78 Å². The van der Waals surface area contributed by atoms with Crippen LogP contribution >= 0.6 is 0 Å². The van der Waals surface area contributed by atoms with Gasteiger partial charge in [-0.2, -0.15) is 0 Å². The van der Waals surface area contributed by atoms with Gasteiger partial charge in [0.15, 0.2) is 0 Å². The lowest BCUT2D eigenvalue weighted by atomic mass is 9.69. The molecule has 0 atom stereocenters. The first kappa shape index (κ1) is 11.1. The van der Waals surface area contributed by atoms with Crippen LogP contribution in [0, 0.1) is 11.3 Å². The number of ketones is 1. The SMILES string of the molecule is CC(=O)[C@]1(CF)CC[C@@H](C(=O)O)CC1. The second kappa shape index (κ2) is 4.07. The van der Waals surface area contributed by atoms with Crippen molar-refractivity contribution in [3.8, 4) is 0 Å². The molecule has 4 heteroatoms. The molecule has 0 bridgehead atoms. The Hall–Kier alpha value is -0.930. The van der Waals surface area contributed by atoms with Crippen LogP contribution in [0.1, 0.15) is 32.6 Å². The van der Waals surface area contributed by atoms with Crippen LogP contribution in [0.2, 0.25) is 0 Å². The number of carboxylic acid groups (broad SMARTS) is 1. The first-order chi connectivity index (χ1) is 6.52. The lowest BCUT2D eigenvalue weighted by Gasteiger charge is -2.34. The Morgan fingerprint density at radius 3 is 2.21 bits per heavy atom. The number of rotatable bonds is 3. The fourth-order valence-corrected chi connectivity index (χ4v) is 2.00. The first-order valence-corrected chi connectivity index (χ1v) is 4.81. The predicted molar refractivity (Wildman–Crippen MR) is 48.7 cm³/mol. The van der Waals surface area contributed by atoms with E-state index in [4.69, 9.17) is 5.11 Å². The van der Waals surface area contributed by atoms with Gasteiger partial charge in [-0.25, -0.2) is 0 Å². The van der Waals surface area contributed by atoms with E-state index in [1.54, 1.807) is 0 Å². The number of hydrogen-bond donors (Lipinski definition) is 1. The summed E-state index contributed by atoms with van der Waals surface area (Å²) in [6.45, 7) is 0.731. The maximum atomic E-state index is 12.7. The van der Waals surface area contributed by atoms with Crippen LogP contribution < -0.4 is 0 Å². The van der Waals surface area contributed by atoms with Crippen LogP contribution in [0.15, 0.2) is 0 Å². The van der Waals surface area contributed by atoms with Crippen molar-refractivity contribution in [1.29, 1.82) is 0 Å². The molecule has 3 nitrogen and oxygen atoms in total. The van der Waals surface area contributed by atoms with Crippen LogP contribution in [0.3, 0.4) is 0 Å². The molecule has 1 fully saturated rings. The van der Waals surface area contributed by atoms with Crippen molar-refractivity contribution in [3.05, 3.63) is 0 Å². The number of alkyl halides is 1. The summed E-state index contributed by atoms with van der Waals surface area (Å²) in [6, 6.07) is 0. The van der Waals surface area contributed by atoms with Crippen molar-refractivity contribution in [3.63, 3.8) is 0 Å². The Labute approximate surface area is 82.3 Å². The summed E-state index contributed by atoms with van der Waals surface area (Å²) in [4.78, 5) is 21.9. The van der Waals surface area contributed by atoms with E-state index in [9.17, 15) is 14.0 Å². The average molecular weight is 202 g/mol. The molecule has 80 valence electrons. The van der Waals surface area contributed by atoms with Gasteiger partial charge in [0.25, 0.3) is 0 Å². The maximum Gasteiger partial charge on any atom is 0.306 e. The quantitative estimate of drug-likeness (QED) is 0.759. The minimum atomic E-state index is -0.883. The summed E-state index contributed by atoms with van der Waals surface area (Å²) >= 11 is 0. The third-order valence-electron chi connectivity index (χ3n) is 3.29. The Bertz CT molecular complexity index is 242. The van der Waals surface area contributed by atoms with E-state index >= 15 is 0 Å². The molecule has 0 spiro atoms. The minimum absolute atomic E-state index is 0.149. The third kappa shape index (κ3) is 1.94. The lowest BCUT2D eigenvalue weighted by molar-refractivity contribution is -0.145. The molecule has 1 N–H and O–H groups in total. The summed E-state index contributed by atoms with van der Waals surface area (Å²) in [5, 5.41) is 8.74. The van der Waals surface area contributed by atoms with Crippen LogP contribution in [-0.2, 0) is 9.59 Å². The van der Waals surface area contributed by atoms with Crippen LogP contribution in [0.5, 0.6) is 0 Å². The van der Waals surface area contributed by atoms with Crippen LogP contribution in [0.25, 0.3) is 0 Å². The van der Waals surface area contributed by atoms with Gasteiger partial charge in [0.1, 0.15) is 12.5 Å². The second-order valence-corrected chi connectivity index (χ2v) is 4.08. The summed E-state index contributed by atoms with van der Waals surface area (Å²) in [6.07, 6.45) is 1.57. The number of halogens is 1. The molecule has 0 amide bonds. The molecule has 0 saturated heterocycles. The lowest BCUT2D eigenvalue weighted by Crippen LogP contribution is -2.37. The highest BCUT2D eigenvalue weighted by Gasteiger charge is 2.41. The molecule has 0 radical (unpaired) electrons. The molecular weight excluding hydrogens is 187 g/mol. The first-order valence-electron chi connectivity index (χ1n) is 4.81. The van der Waals surface area contributed by atoms with E-state index < -0.39 is 24.0 Å². The van der Waals surface area contributed by atoms with Gasteiger partial charge < -0.3 is 5.11 Å². The Balaban J connectivity index is 2.64. The number of hydrogen-bond acceptors (Lipinski definition) is 2. The van der Waals surface area contributed by atoms with Crippen molar-refractivity contribution < 1.29 is 19.1 Å². The fraction of sp³-hybridized carbons (Fsp3) is 0.800. The van der Waals surface area contributed by atoms with Gasteiger partial charge in [-0.15, -0.1) is 0 Å². The summed E-state index contributed by atoms with van der Waals surface area (Å²) in [5.41, 5.74) is -0.883. The van der Waals surface area contributed by atoms with Crippen molar-refractivity contribution in [1.82, 2.24) is 0 Å². The standard InChI is InChI=1S/C10H15FO3/c1-7(12)10(6-11)4-2-8(3-5-10)9(13)14/h8H,2-6H2,1H3,(H,13,14)/t8-,10-. The van der Waals surface area contributed by atoms with Crippen molar-refractivity contribution >= 4 is 11.8 Å². The molecule has 1 aliphatic rings. The molecular formula is C10H15FO3. The average Bonchev–Trinajstić information content (AvgIpc) is 2.17. The number of carboxylic acids is 1. The second-order valence-electron chi connectivity index (χ2n) is 4.08. The van der Waals surface area contributed by atoms with Gasteiger partial charge in [0, 0.05) is 0 Å². The van der Waals surface area contributed by atoms with Crippen molar-refractivity contribution in [2.45, 2.75) is 32.6 Å².